The second kappa shape index (κ2) is 8.77. The second-order valence-electron chi connectivity index (χ2n) is 6.15. The molecule has 0 unspecified atom stereocenters. The van der Waals surface area contributed by atoms with Crippen molar-refractivity contribution in [1.29, 1.82) is 0 Å². The smallest absolute Gasteiger partial charge is 0.376 e. The van der Waals surface area contributed by atoms with Crippen LogP contribution in [0.15, 0.2) is 18.2 Å². The zero-order valence-corrected chi connectivity index (χ0v) is 14.9. The van der Waals surface area contributed by atoms with Gasteiger partial charge in [-0.05, 0) is 18.2 Å². The highest BCUT2D eigenvalue weighted by molar-refractivity contribution is 5.89. The Morgan fingerprint density at radius 3 is 2.44 bits per heavy atom. The Labute approximate surface area is 155 Å². The van der Waals surface area contributed by atoms with Crippen LogP contribution in [0.2, 0.25) is 0 Å². The third-order valence-electron chi connectivity index (χ3n) is 4.12. The first-order valence-corrected chi connectivity index (χ1v) is 8.37. The number of benzene rings is 1. The predicted molar refractivity (Wildman–Crippen MR) is 96.1 cm³/mol. The van der Waals surface area contributed by atoms with Crippen molar-refractivity contribution in [1.82, 2.24) is 9.80 Å². The Bertz CT molecular complexity index is 735. The number of halogens is 3. The highest BCUT2D eigenvalue weighted by Gasteiger charge is 2.34. The normalized spacial score (nSPS) is 15.1. The summed E-state index contributed by atoms with van der Waals surface area (Å²) in [5.74, 6) is 1.79. The molecule has 1 fully saturated rings. The Hall–Kier alpha value is -2.73. The van der Waals surface area contributed by atoms with Gasteiger partial charge in [-0.2, -0.15) is 13.2 Å². The lowest BCUT2D eigenvalue weighted by Crippen LogP contribution is -2.50. The molecule has 2 rings (SSSR count). The number of nitrogens with one attached hydrogen (secondary N) is 2. The summed E-state index contributed by atoms with van der Waals surface area (Å²) < 4.78 is 39.9. The Morgan fingerprint density at radius 1 is 1.22 bits per heavy atom. The molecule has 1 aromatic carbocycles. The van der Waals surface area contributed by atoms with Gasteiger partial charge in [-0.25, -0.2) is 0 Å². The molecule has 2 amide bonds. The van der Waals surface area contributed by atoms with E-state index in [1.54, 1.807) is 4.90 Å². The van der Waals surface area contributed by atoms with Crippen molar-refractivity contribution in [3.05, 3.63) is 23.8 Å². The molecule has 0 atom stereocenters. The van der Waals surface area contributed by atoms with E-state index in [4.69, 9.17) is 6.42 Å². The maximum absolute atomic E-state index is 13.3. The van der Waals surface area contributed by atoms with Crippen LogP contribution in [0.4, 0.5) is 24.5 Å². The van der Waals surface area contributed by atoms with Gasteiger partial charge < -0.3 is 15.5 Å². The third-order valence-corrected chi connectivity index (χ3v) is 4.12. The summed E-state index contributed by atoms with van der Waals surface area (Å²) in [5.41, 5.74) is -1.12. The summed E-state index contributed by atoms with van der Waals surface area (Å²) >= 11 is 0. The van der Waals surface area contributed by atoms with Crippen LogP contribution < -0.4 is 10.6 Å². The number of hydrogen-bond donors (Lipinski definition) is 2. The van der Waals surface area contributed by atoms with Crippen molar-refractivity contribution in [2.24, 2.45) is 0 Å². The van der Waals surface area contributed by atoms with E-state index in [0.717, 1.165) is 6.07 Å². The first-order valence-electron chi connectivity index (χ1n) is 8.37. The van der Waals surface area contributed by atoms with Gasteiger partial charge in [0.05, 0.1) is 18.7 Å². The van der Waals surface area contributed by atoms with Crippen molar-refractivity contribution >= 4 is 23.2 Å². The van der Waals surface area contributed by atoms with E-state index in [2.05, 4.69) is 16.6 Å². The van der Waals surface area contributed by atoms with Crippen LogP contribution in [0, 0.1) is 12.3 Å². The number of anilines is 2. The Kier molecular flexibility index (Phi) is 6.69. The van der Waals surface area contributed by atoms with Gasteiger partial charge in [-0.15, -0.1) is 6.42 Å². The molecule has 1 saturated heterocycles. The number of piperazine rings is 1. The van der Waals surface area contributed by atoms with Gasteiger partial charge >= 0.3 is 6.18 Å². The van der Waals surface area contributed by atoms with Gasteiger partial charge in [-0.3, -0.25) is 14.5 Å². The average molecular weight is 382 g/mol. The van der Waals surface area contributed by atoms with Crippen LogP contribution >= 0.6 is 0 Å². The van der Waals surface area contributed by atoms with E-state index in [9.17, 15) is 22.8 Å². The van der Waals surface area contributed by atoms with Crippen LogP contribution in [0.3, 0.4) is 0 Å². The van der Waals surface area contributed by atoms with E-state index in [0.29, 0.717) is 32.7 Å². The topological polar surface area (TPSA) is 64.7 Å². The third kappa shape index (κ3) is 5.89. The van der Waals surface area contributed by atoms with Crippen molar-refractivity contribution in [3.63, 3.8) is 0 Å². The molecule has 0 bridgehead atoms. The van der Waals surface area contributed by atoms with Crippen LogP contribution in [0.25, 0.3) is 0 Å². The summed E-state index contributed by atoms with van der Waals surface area (Å²) in [5, 5.41) is 4.88. The summed E-state index contributed by atoms with van der Waals surface area (Å²) in [4.78, 5) is 26.9. The molecule has 0 aliphatic carbocycles. The molecule has 2 N–H and O–H groups in total. The number of hydrogen-bond acceptors (Lipinski definition) is 4. The standard InChI is InChI=1S/C18H21F3N4O2/c1-3-6-24-7-9-25(10-8-24)17(27)12-22-16-5-4-14(23-13(2)26)11-15(16)18(19,20)21/h1,4-5,11,22H,6-10,12H2,2H3,(H,23,26). The van der Waals surface area contributed by atoms with E-state index in [-0.39, 0.29) is 23.8 Å². The molecule has 1 heterocycles. The number of terminal acetylenes is 1. The highest BCUT2D eigenvalue weighted by Crippen LogP contribution is 2.36. The number of nitrogens with zero attached hydrogens (tertiary/aromatic N) is 2. The number of amides is 2. The molecule has 0 radical (unpaired) electrons. The number of alkyl halides is 3. The summed E-state index contributed by atoms with van der Waals surface area (Å²) in [6.07, 6.45) is 0.631. The van der Waals surface area contributed by atoms with E-state index >= 15 is 0 Å². The average Bonchev–Trinajstić information content (AvgIpc) is 2.60. The SMILES string of the molecule is C#CCN1CCN(C(=O)CNc2ccc(NC(C)=O)cc2C(F)(F)F)CC1. The van der Waals surface area contributed by atoms with E-state index < -0.39 is 17.6 Å². The first kappa shape index (κ1) is 20.6. The molecule has 146 valence electrons. The Morgan fingerprint density at radius 2 is 1.89 bits per heavy atom. The van der Waals surface area contributed by atoms with Gasteiger partial charge in [-0.1, -0.05) is 5.92 Å². The molecule has 27 heavy (non-hydrogen) atoms. The van der Waals surface area contributed by atoms with E-state index in [1.165, 1.54) is 19.1 Å². The molecule has 9 heteroatoms. The van der Waals surface area contributed by atoms with Crippen molar-refractivity contribution in [2.45, 2.75) is 13.1 Å². The molecule has 0 spiro atoms. The fourth-order valence-electron chi connectivity index (χ4n) is 2.78. The zero-order valence-electron chi connectivity index (χ0n) is 14.9. The largest absolute Gasteiger partial charge is 0.418 e. The van der Waals surface area contributed by atoms with Crippen LogP contribution in [0.5, 0.6) is 0 Å². The molecular weight excluding hydrogens is 361 g/mol. The van der Waals surface area contributed by atoms with Crippen LogP contribution in [-0.4, -0.2) is 60.9 Å². The van der Waals surface area contributed by atoms with Crippen molar-refractivity contribution in [3.8, 4) is 12.3 Å². The maximum atomic E-state index is 13.3. The summed E-state index contributed by atoms with van der Waals surface area (Å²) in [7, 11) is 0. The molecule has 1 aromatic rings. The lowest BCUT2D eigenvalue weighted by Gasteiger charge is -2.33. The number of carbonyl (C=O) groups excluding carboxylic acids is 2. The fraction of sp³-hybridized carbons (Fsp3) is 0.444. The quantitative estimate of drug-likeness (QED) is 0.763. The number of rotatable bonds is 5. The first-order chi connectivity index (χ1) is 12.7. The molecule has 1 aliphatic heterocycles. The van der Waals surface area contributed by atoms with Gasteiger partial charge in [0.1, 0.15) is 0 Å². The lowest BCUT2D eigenvalue weighted by atomic mass is 10.1. The highest BCUT2D eigenvalue weighted by atomic mass is 19.4. The van der Waals surface area contributed by atoms with Gasteiger partial charge in [0.25, 0.3) is 0 Å². The Balaban J connectivity index is 2.01. The number of carbonyl (C=O) groups is 2. The van der Waals surface area contributed by atoms with Crippen LogP contribution in [-0.2, 0) is 15.8 Å². The summed E-state index contributed by atoms with van der Waals surface area (Å²) in [6.45, 7) is 3.70. The molecular formula is C18H21F3N4O2. The predicted octanol–water partition coefficient (Wildman–Crippen LogP) is 1.85. The molecule has 1 aliphatic rings. The minimum absolute atomic E-state index is 0.0383. The summed E-state index contributed by atoms with van der Waals surface area (Å²) in [6, 6.07) is 3.39. The molecule has 0 aromatic heterocycles. The van der Waals surface area contributed by atoms with Gasteiger partial charge in [0, 0.05) is 44.5 Å². The van der Waals surface area contributed by atoms with Crippen molar-refractivity contribution < 1.29 is 22.8 Å². The minimum atomic E-state index is -4.62. The minimum Gasteiger partial charge on any atom is -0.376 e. The molecule has 6 nitrogen and oxygen atoms in total. The zero-order chi connectivity index (χ0) is 20.0. The maximum Gasteiger partial charge on any atom is 0.418 e. The lowest BCUT2D eigenvalue weighted by molar-refractivity contribution is -0.137. The second-order valence-corrected chi connectivity index (χ2v) is 6.15. The molecule has 0 saturated carbocycles. The monoisotopic (exact) mass is 382 g/mol. The fourth-order valence-corrected chi connectivity index (χ4v) is 2.78. The van der Waals surface area contributed by atoms with E-state index in [1.807, 2.05) is 4.90 Å². The van der Waals surface area contributed by atoms with Gasteiger partial charge in [0.15, 0.2) is 0 Å². The van der Waals surface area contributed by atoms with Crippen molar-refractivity contribution in [2.75, 3.05) is 49.9 Å². The van der Waals surface area contributed by atoms with Gasteiger partial charge in [0.2, 0.25) is 11.8 Å². The van der Waals surface area contributed by atoms with Crippen LogP contribution in [0.1, 0.15) is 12.5 Å².